The first-order valence-electron chi connectivity index (χ1n) is 7.19. The third-order valence-corrected chi connectivity index (χ3v) is 3.98. The minimum absolute atomic E-state index is 0.0909. The lowest BCUT2D eigenvalue weighted by Gasteiger charge is -2.14. The Balaban J connectivity index is 2.08. The van der Waals surface area contributed by atoms with E-state index in [0.717, 1.165) is 15.6 Å². The van der Waals surface area contributed by atoms with Gasteiger partial charge in [0.25, 0.3) is 0 Å². The normalized spacial score (nSPS) is 10.6. The van der Waals surface area contributed by atoms with Crippen molar-refractivity contribution in [2.75, 3.05) is 20.3 Å². The van der Waals surface area contributed by atoms with Crippen molar-refractivity contribution in [2.45, 2.75) is 13.2 Å². The molecule has 0 unspecified atom stereocenters. The average Bonchev–Trinajstić information content (AvgIpc) is 2.56. The Kier molecular flexibility index (Phi) is 6.83. The van der Waals surface area contributed by atoms with Crippen molar-refractivity contribution in [1.82, 2.24) is 5.32 Å². The van der Waals surface area contributed by atoms with E-state index in [1.54, 1.807) is 19.2 Å². The number of nitrogens with one attached hydrogen (secondary N) is 1. The minimum atomic E-state index is -0.270. The van der Waals surface area contributed by atoms with E-state index in [1.807, 2.05) is 12.1 Å². The van der Waals surface area contributed by atoms with Crippen LogP contribution in [0, 0.1) is 5.82 Å². The fourth-order valence-corrected chi connectivity index (χ4v) is 2.49. The van der Waals surface area contributed by atoms with Crippen molar-refractivity contribution in [3.05, 3.63) is 57.8 Å². The van der Waals surface area contributed by atoms with Crippen LogP contribution in [0.3, 0.4) is 0 Å². The van der Waals surface area contributed by atoms with Crippen LogP contribution >= 0.6 is 15.9 Å². The highest BCUT2D eigenvalue weighted by molar-refractivity contribution is 9.10. The second kappa shape index (κ2) is 8.86. The molecule has 23 heavy (non-hydrogen) atoms. The van der Waals surface area contributed by atoms with E-state index < -0.39 is 0 Å². The van der Waals surface area contributed by atoms with Crippen LogP contribution in [0.4, 0.5) is 4.39 Å². The van der Waals surface area contributed by atoms with Crippen LogP contribution in [-0.4, -0.2) is 25.4 Å². The van der Waals surface area contributed by atoms with Crippen LogP contribution in [0.2, 0.25) is 0 Å². The molecule has 0 atom stereocenters. The molecule has 0 bridgehead atoms. The number of hydrogen-bond acceptors (Lipinski definition) is 4. The number of ether oxygens (including phenoxy) is 2. The predicted octanol–water partition coefficient (Wildman–Crippen LogP) is 3.26. The molecule has 6 heteroatoms. The molecular formula is C17H19BrFNO3. The maximum absolute atomic E-state index is 12.9. The van der Waals surface area contributed by atoms with Crippen molar-refractivity contribution in [3.63, 3.8) is 0 Å². The van der Waals surface area contributed by atoms with Gasteiger partial charge in [-0.05, 0) is 35.4 Å². The fraction of sp³-hybridized carbons (Fsp3) is 0.294. The molecule has 124 valence electrons. The lowest BCUT2D eigenvalue weighted by molar-refractivity contribution is 0.283. The van der Waals surface area contributed by atoms with E-state index in [1.165, 1.54) is 12.1 Å². The van der Waals surface area contributed by atoms with Gasteiger partial charge in [-0.25, -0.2) is 4.39 Å². The standard InChI is InChI=1S/C17H19BrFNO3/c1-22-16-8-13(10-20-6-7-21)15(18)9-17(16)23-11-12-2-4-14(19)5-3-12/h2-5,8-9,20-21H,6-7,10-11H2,1H3. The van der Waals surface area contributed by atoms with E-state index in [2.05, 4.69) is 21.2 Å². The molecule has 2 aromatic rings. The van der Waals surface area contributed by atoms with Crippen LogP contribution in [-0.2, 0) is 13.2 Å². The van der Waals surface area contributed by atoms with Crippen molar-refractivity contribution >= 4 is 15.9 Å². The molecule has 0 heterocycles. The largest absolute Gasteiger partial charge is 0.493 e. The average molecular weight is 384 g/mol. The SMILES string of the molecule is COc1cc(CNCCO)c(Br)cc1OCc1ccc(F)cc1. The zero-order chi connectivity index (χ0) is 16.7. The first kappa shape index (κ1) is 17.7. The molecule has 4 nitrogen and oxygen atoms in total. The first-order chi connectivity index (χ1) is 11.1. The van der Waals surface area contributed by atoms with Crippen LogP contribution in [0.1, 0.15) is 11.1 Å². The van der Waals surface area contributed by atoms with E-state index >= 15 is 0 Å². The quantitative estimate of drug-likeness (QED) is 0.687. The summed E-state index contributed by atoms with van der Waals surface area (Å²) < 4.78 is 24.9. The molecule has 0 saturated carbocycles. The van der Waals surface area contributed by atoms with Crippen LogP contribution in [0.15, 0.2) is 40.9 Å². The number of benzene rings is 2. The number of halogens is 2. The van der Waals surface area contributed by atoms with Gasteiger partial charge in [-0.3, -0.25) is 0 Å². The highest BCUT2D eigenvalue weighted by atomic mass is 79.9. The fourth-order valence-electron chi connectivity index (χ4n) is 2.03. The van der Waals surface area contributed by atoms with Gasteiger partial charge in [0.2, 0.25) is 0 Å². The summed E-state index contributed by atoms with van der Waals surface area (Å²) in [6, 6.07) is 9.91. The first-order valence-corrected chi connectivity index (χ1v) is 7.98. The van der Waals surface area contributed by atoms with Gasteiger partial charge in [-0.1, -0.05) is 28.1 Å². The van der Waals surface area contributed by atoms with E-state index in [0.29, 0.717) is 31.2 Å². The third-order valence-electron chi connectivity index (χ3n) is 3.24. The Morgan fingerprint density at radius 3 is 2.57 bits per heavy atom. The topological polar surface area (TPSA) is 50.7 Å². The highest BCUT2D eigenvalue weighted by Crippen LogP contribution is 2.34. The van der Waals surface area contributed by atoms with Crippen molar-refractivity contribution in [3.8, 4) is 11.5 Å². The van der Waals surface area contributed by atoms with Crippen molar-refractivity contribution in [1.29, 1.82) is 0 Å². The Morgan fingerprint density at radius 2 is 1.91 bits per heavy atom. The zero-order valence-corrected chi connectivity index (χ0v) is 14.4. The van der Waals surface area contributed by atoms with Crippen LogP contribution in [0.5, 0.6) is 11.5 Å². The molecule has 0 aliphatic rings. The minimum Gasteiger partial charge on any atom is -0.493 e. The van der Waals surface area contributed by atoms with Gasteiger partial charge >= 0.3 is 0 Å². The summed E-state index contributed by atoms with van der Waals surface area (Å²) in [5.41, 5.74) is 1.88. The molecule has 0 amide bonds. The van der Waals surface area contributed by atoms with Gasteiger partial charge in [-0.15, -0.1) is 0 Å². The number of hydrogen-bond donors (Lipinski definition) is 2. The van der Waals surface area contributed by atoms with Crippen LogP contribution < -0.4 is 14.8 Å². The molecule has 2 aromatic carbocycles. The van der Waals surface area contributed by atoms with Gasteiger partial charge in [0.05, 0.1) is 13.7 Å². The molecule has 2 N–H and O–H groups in total. The lowest BCUT2D eigenvalue weighted by atomic mass is 10.2. The maximum atomic E-state index is 12.9. The molecule has 0 radical (unpaired) electrons. The number of methoxy groups -OCH3 is 1. The highest BCUT2D eigenvalue weighted by Gasteiger charge is 2.10. The Bertz CT molecular complexity index is 634. The van der Waals surface area contributed by atoms with E-state index in [-0.39, 0.29) is 12.4 Å². The summed E-state index contributed by atoms with van der Waals surface area (Å²) in [5, 5.41) is 11.9. The maximum Gasteiger partial charge on any atom is 0.162 e. The molecule has 0 aliphatic heterocycles. The molecule has 0 saturated heterocycles. The summed E-state index contributed by atoms with van der Waals surface area (Å²) in [4.78, 5) is 0. The smallest absolute Gasteiger partial charge is 0.162 e. The van der Waals surface area contributed by atoms with E-state index in [9.17, 15) is 4.39 Å². The Hall–Kier alpha value is -1.63. The molecule has 0 spiro atoms. The second-order valence-electron chi connectivity index (χ2n) is 4.91. The summed E-state index contributed by atoms with van der Waals surface area (Å²) >= 11 is 3.51. The summed E-state index contributed by atoms with van der Waals surface area (Å²) in [6.45, 7) is 1.55. The number of aliphatic hydroxyl groups is 1. The number of rotatable bonds is 8. The lowest BCUT2D eigenvalue weighted by Crippen LogP contribution is -2.17. The van der Waals surface area contributed by atoms with Gasteiger partial charge < -0.3 is 19.9 Å². The molecular weight excluding hydrogens is 365 g/mol. The van der Waals surface area contributed by atoms with Crippen molar-refractivity contribution in [2.24, 2.45) is 0 Å². The molecule has 0 aliphatic carbocycles. The predicted molar refractivity (Wildman–Crippen MR) is 90.2 cm³/mol. The third kappa shape index (κ3) is 5.20. The molecule has 2 rings (SSSR count). The van der Waals surface area contributed by atoms with Crippen molar-refractivity contribution < 1.29 is 19.0 Å². The van der Waals surface area contributed by atoms with Gasteiger partial charge in [-0.2, -0.15) is 0 Å². The van der Waals surface area contributed by atoms with E-state index in [4.69, 9.17) is 14.6 Å². The molecule has 0 aromatic heterocycles. The summed E-state index contributed by atoms with van der Waals surface area (Å²) in [5.74, 6) is 0.958. The van der Waals surface area contributed by atoms with Gasteiger partial charge in [0.1, 0.15) is 12.4 Å². The molecule has 0 fully saturated rings. The number of aliphatic hydroxyl groups excluding tert-OH is 1. The summed E-state index contributed by atoms with van der Waals surface area (Å²) in [6.07, 6.45) is 0. The van der Waals surface area contributed by atoms with Crippen LogP contribution in [0.25, 0.3) is 0 Å². The van der Waals surface area contributed by atoms with Gasteiger partial charge in [0.15, 0.2) is 11.5 Å². The second-order valence-corrected chi connectivity index (χ2v) is 5.76. The Labute approximate surface area is 143 Å². The monoisotopic (exact) mass is 383 g/mol. The summed E-state index contributed by atoms with van der Waals surface area (Å²) in [7, 11) is 1.58. The zero-order valence-electron chi connectivity index (χ0n) is 12.8. The van der Waals surface area contributed by atoms with Gasteiger partial charge in [0, 0.05) is 17.6 Å². The Morgan fingerprint density at radius 1 is 1.17 bits per heavy atom.